The SMILES string of the molecule is C/N=C(\C(C)=C(C)C)C(C)C. The van der Waals surface area contributed by atoms with Crippen LogP contribution in [0.15, 0.2) is 16.1 Å². The Labute approximate surface area is 70.2 Å². The van der Waals surface area contributed by atoms with Gasteiger partial charge in [-0.2, -0.15) is 0 Å². The van der Waals surface area contributed by atoms with E-state index in [0.29, 0.717) is 5.92 Å². The molecule has 1 heteroatoms. The first kappa shape index (κ1) is 10.4. The van der Waals surface area contributed by atoms with Gasteiger partial charge in [0.2, 0.25) is 0 Å². The lowest BCUT2D eigenvalue weighted by Gasteiger charge is -2.11. The van der Waals surface area contributed by atoms with Gasteiger partial charge in [-0.3, -0.25) is 4.99 Å². The van der Waals surface area contributed by atoms with Crippen LogP contribution in [0.25, 0.3) is 0 Å². The highest BCUT2D eigenvalue weighted by atomic mass is 14.7. The van der Waals surface area contributed by atoms with Crippen LogP contribution in [0.5, 0.6) is 0 Å². The lowest BCUT2D eigenvalue weighted by Crippen LogP contribution is -2.09. The summed E-state index contributed by atoms with van der Waals surface area (Å²) in [5.74, 6) is 0.537. The fourth-order valence-corrected chi connectivity index (χ4v) is 1.12. The normalized spacial score (nSPS) is 12.1. The van der Waals surface area contributed by atoms with E-state index in [9.17, 15) is 0 Å². The van der Waals surface area contributed by atoms with Gasteiger partial charge in [0.15, 0.2) is 0 Å². The van der Waals surface area contributed by atoms with E-state index in [1.807, 2.05) is 7.05 Å². The van der Waals surface area contributed by atoms with Gasteiger partial charge in [-0.1, -0.05) is 19.4 Å². The molecule has 64 valence electrons. The number of hydrogen-bond donors (Lipinski definition) is 0. The standard InChI is InChI=1S/C10H19N/c1-7(2)9(5)10(11-6)8(3)4/h8H,1-6H3/b11-10-. The second-order valence-electron chi connectivity index (χ2n) is 3.39. The van der Waals surface area contributed by atoms with Crippen molar-refractivity contribution in [3.05, 3.63) is 11.1 Å². The van der Waals surface area contributed by atoms with Crippen molar-refractivity contribution in [2.24, 2.45) is 10.9 Å². The van der Waals surface area contributed by atoms with Gasteiger partial charge in [0.05, 0.1) is 0 Å². The maximum Gasteiger partial charge on any atom is 0.0398 e. The Morgan fingerprint density at radius 3 is 1.64 bits per heavy atom. The number of nitrogens with zero attached hydrogens (tertiary/aromatic N) is 1. The summed E-state index contributed by atoms with van der Waals surface area (Å²) in [6.45, 7) is 10.7. The van der Waals surface area contributed by atoms with E-state index in [1.54, 1.807) is 0 Å². The molecule has 0 aromatic carbocycles. The molecule has 0 aromatic heterocycles. The molecule has 0 unspecified atom stereocenters. The zero-order valence-corrected chi connectivity index (χ0v) is 8.52. The van der Waals surface area contributed by atoms with E-state index < -0.39 is 0 Å². The van der Waals surface area contributed by atoms with E-state index in [-0.39, 0.29) is 0 Å². The van der Waals surface area contributed by atoms with Crippen molar-refractivity contribution in [1.29, 1.82) is 0 Å². The third kappa shape index (κ3) is 2.87. The van der Waals surface area contributed by atoms with Crippen LogP contribution in [0.2, 0.25) is 0 Å². The van der Waals surface area contributed by atoms with Gasteiger partial charge < -0.3 is 0 Å². The average Bonchev–Trinajstić information content (AvgIpc) is 1.88. The first-order chi connectivity index (χ1) is 5.00. The Morgan fingerprint density at radius 2 is 1.55 bits per heavy atom. The maximum atomic E-state index is 4.27. The third-order valence-corrected chi connectivity index (χ3v) is 1.92. The lowest BCUT2D eigenvalue weighted by atomic mass is 9.98. The van der Waals surface area contributed by atoms with Crippen LogP contribution in [-0.4, -0.2) is 12.8 Å². The summed E-state index contributed by atoms with van der Waals surface area (Å²) in [6.07, 6.45) is 0. The topological polar surface area (TPSA) is 12.4 Å². The third-order valence-electron chi connectivity index (χ3n) is 1.92. The summed E-state index contributed by atoms with van der Waals surface area (Å²) in [4.78, 5) is 4.27. The van der Waals surface area contributed by atoms with Gasteiger partial charge in [0.1, 0.15) is 0 Å². The molecule has 0 fully saturated rings. The first-order valence-electron chi connectivity index (χ1n) is 4.11. The minimum Gasteiger partial charge on any atom is -0.293 e. The predicted molar refractivity (Wildman–Crippen MR) is 52.2 cm³/mol. The minimum atomic E-state index is 0.537. The van der Waals surface area contributed by atoms with Crippen LogP contribution < -0.4 is 0 Å². The van der Waals surface area contributed by atoms with E-state index in [4.69, 9.17) is 0 Å². The zero-order chi connectivity index (χ0) is 9.02. The van der Waals surface area contributed by atoms with Crippen molar-refractivity contribution in [2.45, 2.75) is 34.6 Å². The van der Waals surface area contributed by atoms with Gasteiger partial charge in [-0.05, 0) is 32.3 Å². The van der Waals surface area contributed by atoms with Crippen LogP contribution in [0.3, 0.4) is 0 Å². The smallest absolute Gasteiger partial charge is 0.0398 e. The molecule has 0 aliphatic heterocycles. The molecule has 11 heavy (non-hydrogen) atoms. The molecule has 0 saturated heterocycles. The zero-order valence-electron chi connectivity index (χ0n) is 8.52. The molecule has 0 atom stereocenters. The lowest BCUT2D eigenvalue weighted by molar-refractivity contribution is 0.876. The monoisotopic (exact) mass is 153 g/mol. The Bertz CT molecular complexity index is 181. The molecule has 0 spiro atoms. The number of rotatable bonds is 2. The maximum absolute atomic E-state index is 4.27. The fraction of sp³-hybridized carbons (Fsp3) is 0.700. The predicted octanol–water partition coefficient (Wildman–Crippen LogP) is 3.07. The minimum absolute atomic E-state index is 0.537. The van der Waals surface area contributed by atoms with E-state index in [1.165, 1.54) is 16.9 Å². The molecule has 0 bridgehead atoms. The molecule has 0 rings (SSSR count). The summed E-state index contributed by atoms with van der Waals surface area (Å²) in [7, 11) is 1.86. The summed E-state index contributed by atoms with van der Waals surface area (Å²) in [5.41, 5.74) is 3.92. The molecular weight excluding hydrogens is 134 g/mol. The molecule has 0 saturated carbocycles. The first-order valence-corrected chi connectivity index (χ1v) is 4.11. The fourth-order valence-electron chi connectivity index (χ4n) is 1.12. The van der Waals surface area contributed by atoms with Crippen molar-refractivity contribution >= 4 is 5.71 Å². The molecule has 0 aromatic rings. The molecule has 0 heterocycles. The molecule has 0 amide bonds. The Hall–Kier alpha value is -0.590. The van der Waals surface area contributed by atoms with Gasteiger partial charge in [-0.25, -0.2) is 0 Å². The molecule has 1 nitrogen and oxygen atoms in total. The highest BCUT2D eigenvalue weighted by molar-refractivity contribution is 6.01. The van der Waals surface area contributed by atoms with Gasteiger partial charge in [-0.15, -0.1) is 0 Å². The summed E-state index contributed by atoms with van der Waals surface area (Å²) in [5, 5.41) is 0. The molecule has 0 radical (unpaired) electrons. The van der Waals surface area contributed by atoms with E-state index in [0.717, 1.165) is 0 Å². The highest BCUT2D eigenvalue weighted by Gasteiger charge is 2.06. The van der Waals surface area contributed by atoms with Crippen molar-refractivity contribution in [1.82, 2.24) is 0 Å². The second kappa shape index (κ2) is 4.32. The van der Waals surface area contributed by atoms with Gasteiger partial charge in [0, 0.05) is 12.8 Å². The molecule has 0 aliphatic rings. The van der Waals surface area contributed by atoms with Crippen LogP contribution >= 0.6 is 0 Å². The van der Waals surface area contributed by atoms with Crippen molar-refractivity contribution in [3.63, 3.8) is 0 Å². The molecular formula is C10H19N. The molecule has 0 aliphatic carbocycles. The number of allylic oxidation sites excluding steroid dienone is 2. The number of hydrogen-bond acceptors (Lipinski definition) is 1. The van der Waals surface area contributed by atoms with Crippen molar-refractivity contribution < 1.29 is 0 Å². The van der Waals surface area contributed by atoms with Gasteiger partial charge in [0.25, 0.3) is 0 Å². The van der Waals surface area contributed by atoms with E-state index in [2.05, 4.69) is 39.6 Å². The quantitative estimate of drug-likeness (QED) is 0.541. The van der Waals surface area contributed by atoms with Crippen LogP contribution in [-0.2, 0) is 0 Å². The summed E-state index contributed by atoms with van der Waals surface area (Å²) in [6, 6.07) is 0. The summed E-state index contributed by atoms with van der Waals surface area (Å²) >= 11 is 0. The van der Waals surface area contributed by atoms with Gasteiger partial charge >= 0.3 is 0 Å². The summed E-state index contributed by atoms with van der Waals surface area (Å²) < 4.78 is 0. The largest absolute Gasteiger partial charge is 0.293 e. The Morgan fingerprint density at radius 1 is 1.09 bits per heavy atom. The van der Waals surface area contributed by atoms with E-state index >= 15 is 0 Å². The second-order valence-corrected chi connectivity index (χ2v) is 3.39. The van der Waals surface area contributed by atoms with Crippen LogP contribution in [0, 0.1) is 5.92 Å². The van der Waals surface area contributed by atoms with Crippen LogP contribution in [0.4, 0.5) is 0 Å². The highest BCUT2D eigenvalue weighted by Crippen LogP contribution is 2.11. The Balaban J connectivity index is 4.70. The van der Waals surface area contributed by atoms with Crippen molar-refractivity contribution in [2.75, 3.05) is 7.05 Å². The number of aliphatic imine (C=N–C) groups is 1. The van der Waals surface area contributed by atoms with Crippen molar-refractivity contribution in [3.8, 4) is 0 Å². The molecule has 0 N–H and O–H groups in total. The Kier molecular flexibility index (Phi) is 4.09. The average molecular weight is 153 g/mol. The van der Waals surface area contributed by atoms with Crippen LogP contribution in [0.1, 0.15) is 34.6 Å².